The van der Waals surface area contributed by atoms with Gasteiger partial charge < -0.3 is 15.5 Å². The second-order valence-electron chi connectivity index (χ2n) is 2.12. The van der Waals surface area contributed by atoms with E-state index in [0.29, 0.717) is 5.69 Å². The van der Waals surface area contributed by atoms with Gasteiger partial charge in [-0.15, -0.1) is 0 Å². The highest BCUT2D eigenvalue weighted by Gasteiger charge is 2.05. The molecule has 0 atom stereocenters. The molecule has 0 saturated carbocycles. The van der Waals surface area contributed by atoms with Crippen molar-refractivity contribution in [1.29, 1.82) is 0 Å². The number of hydrogen-bond acceptors (Lipinski definition) is 4. The van der Waals surface area contributed by atoms with E-state index in [0.717, 1.165) is 0 Å². The van der Waals surface area contributed by atoms with Crippen molar-refractivity contribution in [3.63, 3.8) is 0 Å². The lowest BCUT2D eigenvalue weighted by atomic mass is 10.4. The molecule has 0 bridgehead atoms. The average molecular weight is 187 g/mol. The fourth-order valence-electron chi connectivity index (χ4n) is 0.882. The molecule has 4 N–H and O–H groups in total. The Hall–Kier alpha value is -1.14. The molecule has 0 fully saturated rings. The smallest absolute Gasteiger partial charge is 0.294 e. The number of nitrogens with one attached hydrogen (secondary N) is 2. The molecule has 0 spiro atoms. The van der Waals surface area contributed by atoms with Gasteiger partial charge in [0.1, 0.15) is 0 Å². The maximum Gasteiger partial charge on any atom is 0.294 e. The highest BCUT2D eigenvalue weighted by Crippen LogP contribution is 2.06. The second kappa shape index (κ2) is 3.51. The first-order chi connectivity index (χ1) is 5.69. The van der Waals surface area contributed by atoms with Gasteiger partial charge in [-0.1, -0.05) is 0 Å². The number of rotatable bonds is 2. The Morgan fingerprint density at radius 1 is 1.58 bits per heavy atom. The molecule has 0 amide bonds. The van der Waals surface area contributed by atoms with Gasteiger partial charge in [-0.3, -0.25) is 9.78 Å². The molecule has 0 aliphatic heterocycles. The Labute approximate surface area is 73.6 Å². The third-order valence-corrected chi connectivity index (χ3v) is 1.58. The van der Waals surface area contributed by atoms with Gasteiger partial charge in [0, 0.05) is 6.54 Å². The van der Waals surface area contributed by atoms with Crippen molar-refractivity contribution in [2.24, 2.45) is 5.73 Å². The molecular weight excluding hydrogens is 178 g/mol. The van der Waals surface area contributed by atoms with E-state index in [9.17, 15) is 4.79 Å². The van der Waals surface area contributed by atoms with Crippen LogP contribution >= 0.6 is 12.2 Å². The van der Waals surface area contributed by atoms with Crippen molar-refractivity contribution in [1.82, 2.24) is 9.97 Å². The summed E-state index contributed by atoms with van der Waals surface area (Å²) in [7, 11) is 1.40. The molecule has 1 heterocycles. The van der Waals surface area contributed by atoms with E-state index in [1.54, 1.807) is 0 Å². The lowest BCUT2D eigenvalue weighted by Crippen LogP contribution is -2.16. The Balaban J connectivity index is 3.44. The maximum absolute atomic E-state index is 11.1. The zero-order chi connectivity index (χ0) is 9.14. The van der Waals surface area contributed by atoms with E-state index in [-0.39, 0.29) is 22.6 Å². The topological polar surface area (TPSA) is 83.9 Å². The second-order valence-corrected chi connectivity index (χ2v) is 2.53. The summed E-state index contributed by atoms with van der Waals surface area (Å²) in [6, 6.07) is 0. The minimum Gasteiger partial charge on any atom is -0.490 e. The number of aromatic nitrogens is 2. The van der Waals surface area contributed by atoms with E-state index >= 15 is 0 Å². The summed E-state index contributed by atoms with van der Waals surface area (Å²) in [4.78, 5) is 16.2. The van der Waals surface area contributed by atoms with Crippen LogP contribution in [0.15, 0.2) is 4.79 Å². The van der Waals surface area contributed by atoms with E-state index in [1.807, 2.05) is 0 Å². The van der Waals surface area contributed by atoms with E-state index in [2.05, 4.69) is 9.97 Å². The summed E-state index contributed by atoms with van der Waals surface area (Å²) in [5, 5.41) is 0. The Kier molecular flexibility index (Phi) is 2.61. The molecule has 1 aromatic heterocycles. The SMILES string of the molecule is COc1c(CN)[nH]c(=S)[nH]c1=O. The molecule has 0 aliphatic rings. The zero-order valence-electron chi connectivity index (χ0n) is 6.51. The molecule has 0 aliphatic carbocycles. The molecule has 5 nitrogen and oxygen atoms in total. The van der Waals surface area contributed by atoms with Gasteiger partial charge in [0.2, 0.25) is 5.75 Å². The first kappa shape index (κ1) is 8.95. The van der Waals surface area contributed by atoms with Gasteiger partial charge in [-0.25, -0.2) is 0 Å². The van der Waals surface area contributed by atoms with Crippen molar-refractivity contribution in [3.05, 3.63) is 20.8 Å². The highest BCUT2D eigenvalue weighted by molar-refractivity contribution is 7.71. The van der Waals surface area contributed by atoms with Crippen LogP contribution < -0.4 is 16.0 Å². The Bertz CT molecular complexity index is 381. The minimum absolute atomic E-state index is 0.186. The van der Waals surface area contributed by atoms with Gasteiger partial charge in [0.25, 0.3) is 5.56 Å². The monoisotopic (exact) mass is 187 g/mol. The predicted octanol–water partition coefficient (Wildman–Crippen LogP) is -0.100. The quantitative estimate of drug-likeness (QED) is 0.564. The first-order valence-corrected chi connectivity index (χ1v) is 3.69. The summed E-state index contributed by atoms with van der Waals surface area (Å²) in [6.07, 6.45) is 0. The van der Waals surface area contributed by atoms with E-state index in [1.165, 1.54) is 7.11 Å². The number of nitrogens with two attached hydrogens (primary N) is 1. The molecule has 0 unspecified atom stereocenters. The van der Waals surface area contributed by atoms with Gasteiger partial charge in [0.05, 0.1) is 12.8 Å². The lowest BCUT2D eigenvalue weighted by Gasteiger charge is -2.03. The van der Waals surface area contributed by atoms with E-state index in [4.69, 9.17) is 22.7 Å². The number of methoxy groups -OCH3 is 1. The van der Waals surface area contributed by atoms with Crippen molar-refractivity contribution in [3.8, 4) is 5.75 Å². The highest BCUT2D eigenvalue weighted by atomic mass is 32.1. The molecule has 1 rings (SSSR count). The molecule has 12 heavy (non-hydrogen) atoms. The van der Waals surface area contributed by atoms with Crippen LogP contribution in [0.2, 0.25) is 0 Å². The van der Waals surface area contributed by atoms with Crippen LogP contribution in [-0.4, -0.2) is 17.1 Å². The molecule has 6 heteroatoms. The largest absolute Gasteiger partial charge is 0.490 e. The molecular formula is C6H9N3O2S. The van der Waals surface area contributed by atoms with Crippen LogP contribution in [-0.2, 0) is 6.54 Å². The summed E-state index contributed by atoms with van der Waals surface area (Å²) < 4.78 is 5.07. The van der Waals surface area contributed by atoms with Gasteiger partial charge in [-0.2, -0.15) is 0 Å². The Morgan fingerprint density at radius 2 is 2.25 bits per heavy atom. The third-order valence-electron chi connectivity index (χ3n) is 1.38. The number of hydrogen-bond donors (Lipinski definition) is 3. The van der Waals surface area contributed by atoms with Crippen LogP contribution in [0.4, 0.5) is 0 Å². The summed E-state index contributed by atoms with van der Waals surface area (Å²) >= 11 is 4.74. The summed E-state index contributed by atoms with van der Waals surface area (Å²) in [6.45, 7) is 0.191. The first-order valence-electron chi connectivity index (χ1n) is 3.28. The lowest BCUT2D eigenvalue weighted by molar-refractivity contribution is 0.399. The van der Waals surface area contributed by atoms with E-state index < -0.39 is 0 Å². The van der Waals surface area contributed by atoms with Crippen molar-refractivity contribution in [2.75, 3.05) is 7.11 Å². The summed E-state index contributed by atoms with van der Waals surface area (Å²) in [5.41, 5.74) is 5.50. The molecule has 1 aromatic rings. The molecule has 0 radical (unpaired) electrons. The number of aromatic amines is 2. The fourth-order valence-corrected chi connectivity index (χ4v) is 1.10. The zero-order valence-corrected chi connectivity index (χ0v) is 7.33. The molecule has 66 valence electrons. The van der Waals surface area contributed by atoms with Crippen LogP contribution in [0.5, 0.6) is 5.75 Å². The van der Waals surface area contributed by atoms with Crippen LogP contribution in [0.3, 0.4) is 0 Å². The summed E-state index contributed by atoms with van der Waals surface area (Å²) in [5.74, 6) is 0.186. The van der Waals surface area contributed by atoms with Crippen molar-refractivity contribution < 1.29 is 4.74 Å². The van der Waals surface area contributed by atoms with Crippen LogP contribution in [0.25, 0.3) is 0 Å². The third kappa shape index (κ3) is 1.54. The van der Waals surface area contributed by atoms with Crippen LogP contribution in [0, 0.1) is 4.77 Å². The fraction of sp³-hybridized carbons (Fsp3) is 0.333. The van der Waals surface area contributed by atoms with Crippen LogP contribution in [0.1, 0.15) is 5.69 Å². The predicted molar refractivity (Wildman–Crippen MR) is 46.7 cm³/mol. The van der Waals surface area contributed by atoms with Crippen molar-refractivity contribution in [2.45, 2.75) is 6.54 Å². The minimum atomic E-state index is -0.360. The van der Waals surface area contributed by atoms with Crippen molar-refractivity contribution >= 4 is 12.2 Å². The maximum atomic E-state index is 11.1. The van der Waals surface area contributed by atoms with Gasteiger partial charge in [-0.05, 0) is 12.2 Å². The molecule has 0 saturated heterocycles. The molecule has 0 aromatic carbocycles. The number of ether oxygens (including phenoxy) is 1. The normalized spacial score (nSPS) is 9.83. The van der Waals surface area contributed by atoms with Gasteiger partial charge in [0.15, 0.2) is 4.77 Å². The number of H-pyrrole nitrogens is 2. The standard InChI is InChI=1S/C6H9N3O2S/c1-11-4-3(2-7)8-6(12)9-5(4)10/h2,7H2,1H3,(H2,8,9,10,12). The average Bonchev–Trinajstić information content (AvgIpc) is 2.03. The Morgan fingerprint density at radius 3 is 2.75 bits per heavy atom. The van der Waals surface area contributed by atoms with Gasteiger partial charge >= 0.3 is 0 Å².